The van der Waals surface area contributed by atoms with Gasteiger partial charge >= 0.3 is 0 Å². The maximum absolute atomic E-state index is 10.7. The Labute approximate surface area is 84.0 Å². The fourth-order valence-corrected chi connectivity index (χ4v) is 2.14. The predicted molar refractivity (Wildman–Crippen MR) is 53.2 cm³/mol. The van der Waals surface area contributed by atoms with Crippen LogP contribution in [0.4, 0.5) is 5.69 Å². The number of hydrogen-bond acceptors (Lipinski definition) is 2. The smallest absolute Gasteiger partial charge is 0.258 e. The molecule has 68 valence electrons. The monoisotopic (exact) mass is 241 g/mol. The lowest BCUT2D eigenvalue weighted by Crippen LogP contribution is -1.93. The number of halogens is 1. The van der Waals surface area contributed by atoms with E-state index in [1.165, 1.54) is 0 Å². The fraction of sp³-hybridized carbons (Fsp3) is 0.333. The van der Waals surface area contributed by atoms with Crippen molar-refractivity contribution in [3.63, 3.8) is 0 Å². The van der Waals surface area contributed by atoms with E-state index in [0.29, 0.717) is 10.7 Å². The predicted octanol–water partition coefficient (Wildman–Crippen LogP) is 2.85. The Bertz CT molecular complexity index is 353. The van der Waals surface area contributed by atoms with E-state index in [2.05, 4.69) is 15.9 Å². The van der Waals surface area contributed by atoms with E-state index in [1.54, 1.807) is 12.1 Å². The topological polar surface area (TPSA) is 43.1 Å². The molecule has 1 saturated carbocycles. The third kappa shape index (κ3) is 1.58. The van der Waals surface area contributed by atoms with Crippen LogP contribution in [-0.2, 0) is 0 Å². The quantitative estimate of drug-likeness (QED) is 0.454. The average molecular weight is 242 g/mol. The molecule has 0 radical (unpaired) electrons. The molecule has 3 nitrogen and oxygen atoms in total. The van der Waals surface area contributed by atoms with Crippen LogP contribution in [0.5, 0.6) is 0 Å². The fourth-order valence-electron chi connectivity index (χ4n) is 1.45. The number of nitro groups is 1. The summed E-state index contributed by atoms with van der Waals surface area (Å²) in [5, 5.41) is 10.7. The van der Waals surface area contributed by atoms with E-state index in [4.69, 9.17) is 0 Å². The number of nitro benzene ring substituents is 1. The van der Waals surface area contributed by atoms with Crippen LogP contribution in [0.15, 0.2) is 24.3 Å². The number of hydrogen-bond donors (Lipinski definition) is 0. The van der Waals surface area contributed by atoms with Gasteiger partial charge in [-0.2, -0.15) is 0 Å². The Kier molecular flexibility index (Phi) is 2.07. The zero-order chi connectivity index (χ0) is 9.42. The molecular formula is C9H8BrNO2. The van der Waals surface area contributed by atoms with Gasteiger partial charge in [0.15, 0.2) is 0 Å². The molecular weight excluding hydrogens is 234 g/mol. The van der Waals surface area contributed by atoms with Crippen LogP contribution >= 0.6 is 15.9 Å². The van der Waals surface area contributed by atoms with E-state index < -0.39 is 0 Å². The van der Waals surface area contributed by atoms with Gasteiger partial charge in [-0.1, -0.05) is 34.1 Å². The highest BCUT2D eigenvalue weighted by Crippen LogP contribution is 2.49. The van der Waals surface area contributed by atoms with E-state index in [0.717, 1.165) is 12.0 Å². The standard InChI is InChI=1S/C9H8BrNO2/c10-8-5-7(8)6-3-1-2-4-9(6)11(12)13/h1-4,7-8H,5H2/t7-,8-/m1/s1. The highest BCUT2D eigenvalue weighted by Gasteiger charge is 2.39. The number of alkyl halides is 1. The Hall–Kier alpha value is -0.900. The van der Waals surface area contributed by atoms with Crippen molar-refractivity contribution in [3.8, 4) is 0 Å². The van der Waals surface area contributed by atoms with Gasteiger partial charge in [0, 0.05) is 22.4 Å². The van der Waals surface area contributed by atoms with Crippen LogP contribution in [0.1, 0.15) is 17.9 Å². The van der Waals surface area contributed by atoms with Crippen molar-refractivity contribution in [3.05, 3.63) is 39.9 Å². The first-order valence-corrected chi connectivity index (χ1v) is 4.99. The number of benzene rings is 1. The Morgan fingerprint density at radius 1 is 1.46 bits per heavy atom. The molecule has 2 atom stereocenters. The van der Waals surface area contributed by atoms with Crippen molar-refractivity contribution in [1.29, 1.82) is 0 Å². The minimum absolute atomic E-state index is 0.245. The second-order valence-corrected chi connectivity index (χ2v) is 4.35. The molecule has 0 aliphatic heterocycles. The first-order chi connectivity index (χ1) is 6.20. The molecule has 1 fully saturated rings. The average Bonchev–Trinajstić information content (AvgIpc) is 2.82. The van der Waals surface area contributed by atoms with Gasteiger partial charge in [-0.25, -0.2) is 0 Å². The highest BCUT2D eigenvalue weighted by atomic mass is 79.9. The summed E-state index contributed by atoms with van der Waals surface area (Å²) in [6, 6.07) is 6.95. The van der Waals surface area contributed by atoms with Crippen molar-refractivity contribution in [2.24, 2.45) is 0 Å². The molecule has 0 bridgehead atoms. The Morgan fingerprint density at radius 2 is 2.08 bits per heavy atom. The van der Waals surface area contributed by atoms with Crippen LogP contribution in [0.25, 0.3) is 0 Å². The molecule has 0 saturated heterocycles. The van der Waals surface area contributed by atoms with Crippen LogP contribution < -0.4 is 0 Å². The van der Waals surface area contributed by atoms with Crippen molar-refractivity contribution in [1.82, 2.24) is 0 Å². The molecule has 1 aliphatic carbocycles. The minimum Gasteiger partial charge on any atom is -0.258 e. The van der Waals surface area contributed by atoms with Crippen LogP contribution in [0.3, 0.4) is 0 Å². The zero-order valence-corrected chi connectivity index (χ0v) is 8.40. The molecule has 4 heteroatoms. The zero-order valence-electron chi connectivity index (χ0n) is 6.81. The van der Waals surface area contributed by atoms with E-state index in [1.807, 2.05) is 12.1 Å². The van der Waals surface area contributed by atoms with Gasteiger partial charge in [0.25, 0.3) is 5.69 Å². The third-order valence-corrected chi connectivity index (χ3v) is 3.26. The van der Waals surface area contributed by atoms with E-state index in [9.17, 15) is 10.1 Å². The second-order valence-electron chi connectivity index (χ2n) is 3.17. The van der Waals surface area contributed by atoms with Crippen molar-refractivity contribution in [2.45, 2.75) is 17.2 Å². The van der Waals surface area contributed by atoms with Gasteiger partial charge in [0.05, 0.1) is 4.92 Å². The lowest BCUT2D eigenvalue weighted by atomic mass is 10.1. The minimum atomic E-state index is -0.312. The number of para-hydroxylation sites is 1. The molecule has 0 N–H and O–H groups in total. The molecule has 0 spiro atoms. The summed E-state index contributed by atoms with van der Waals surface area (Å²) < 4.78 is 0. The Morgan fingerprint density at radius 3 is 2.62 bits per heavy atom. The molecule has 1 aromatic carbocycles. The SMILES string of the molecule is O=[N+]([O-])c1ccccc1[C@H]1C[C@H]1Br. The maximum atomic E-state index is 10.7. The normalized spacial score (nSPS) is 25.6. The summed E-state index contributed by atoms with van der Waals surface area (Å²) in [5.74, 6) is 0.335. The molecule has 1 aliphatic rings. The number of rotatable bonds is 2. The van der Waals surface area contributed by atoms with Crippen LogP contribution in [-0.4, -0.2) is 9.75 Å². The highest BCUT2D eigenvalue weighted by molar-refractivity contribution is 9.09. The summed E-state index contributed by atoms with van der Waals surface area (Å²) in [7, 11) is 0. The molecule has 13 heavy (non-hydrogen) atoms. The molecule has 0 unspecified atom stereocenters. The van der Waals surface area contributed by atoms with E-state index in [-0.39, 0.29) is 10.6 Å². The third-order valence-electron chi connectivity index (χ3n) is 2.25. The van der Waals surface area contributed by atoms with Gasteiger partial charge in [0.2, 0.25) is 0 Å². The molecule has 0 amide bonds. The molecule has 0 heterocycles. The molecule has 0 aromatic heterocycles. The largest absolute Gasteiger partial charge is 0.272 e. The van der Waals surface area contributed by atoms with Gasteiger partial charge in [-0.15, -0.1) is 0 Å². The summed E-state index contributed by atoms with van der Waals surface area (Å²) in [5.41, 5.74) is 1.10. The lowest BCUT2D eigenvalue weighted by molar-refractivity contribution is -0.385. The van der Waals surface area contributed by atoms with Crippen molar-refractivity contribution in [2.75, 3.05) is 0 Å². The second kappa shape index (κ2) is 3.10. The summed E-state index contributed by atoms with van der Waals surface area (Å²) in [6.45, 7) is 0. The maximum Gasteiger partial charge on any atom is 0.272 e. The van der Waals surface area contributed by atoms with Gasteiger partial charge in [0.1, 0.15) is 0 Å². The van der Waals surface area contributed by atoms with Crippen molar-refractivity contribution >= 4 is 21.6 Å². The number of nitrogens with zero attached hydrogens (tertiary/aromatic N) is 1. The summed E-state index contributed by atoms with van der Waals surface area (Å²) in [6.07, 6.45) is 1.00. The van der Waals surface area contributed by atoms with Gasteiger partial charge < -0.3 is 0 Å². The van der Waals surface area contributed by atoms with Gasteiger partial charge in [-0.3, -0.25) is 10.1 Å². The molecule has 2 rings (SSSR count). The van der Waals surface area contributed by atoms with Crippen molar-refractivity contribution < 1.29 is 4.92 Å². The van der Waals surface area contributed by atoms with Crippen LogP contribution in [0, 0.1) is 10.1 Å². The Balaban J connectivity index is 2.38. The summed E-state index contributed by atoms with van der Waals surface area (Å²) in [4.78, 5) is 10.8. The van der Waals surface area contributed by atoms with E-state index >= 15 is 0 Å². The van der Waals surface area contributed by atoms with Gasteiger partial charge in [-0.05, 0) is 6.42 Å². The first kappa shape index (κ1) is 8.69. The molecule has 1 aromatic rings. The van der Waals surface area contributed by atoms with Crippen LogP contribution in [0.2, 0.25) is 0 Å². The first-order valence-electron chi connectivity index (χ1n) is 4.07. The lowest BCUT2D eigenvalue weighted by Gasteiger charge is -1.99. The summed E-state index contributed by atoms with van der Waals surface area (Å²) >= 11 is 3.45.